The molecule has 4 nitrogen and oxygen atoms in total. The molecule has 246 valence electrons. The van der Waals surface area contributed by atoms with Crippen molar-refractivity contribution in [1.82, 2.24) is 9.55 Å². The highest BCUT2D eigenvalue weighted by Gasteiger charge is 2.40. The van der Waals surface area contributed by atoms with Crippen LogP contribution in [-0.4, -0.2) is 9.55 Å². The number of rotatable bonds is 4. The van der Waals surface area contributed by atoms with Crippen molar-refractivity contribution in [1.29, 1.82) is 0 Å². The van der Waals surface area contributed by atoms with Crippen molar-refractivity contribution in [2.45, 2.75) is 13.3 Å². The molecule has 3 heterocycles. The number of aryl methyl sites for hydroxylation is 1. The van der Waals surface area contributed by atoms with Crippen LogP contribution in [0.4, 0.5) is 0 Å². The van der Waals surface area contributed by atoms with Gasteiger partial charge in [-0.25, -0.2) is 4.98 Å². The molecule has 0 bridgehead atoms. The molecule has 0 fully saturated rings. The minimum absolute atomic E-state index is 0.754. The lowest BCUT2D eigenvalue weighted by Gasteiger charge is -2.30. The molecular formula is C47H31N2O2P. The van der Waals surface area contributed by atoms with E-state index in [1.54, 1.807) is 0 Å². The van der Waals surface area contributed by atoms with Crippen LogP contribution in [0, 0.1) is 0 Å². The molecule has 1 unspecified atom stereocenters. The molecule has 0 amide bonds. The summed E-state index contributed by atoms with van der Waals surface area (Å²) >= 11 is 0. The number of hydrogen-bond donors (Lipinski definition) is 0. The van der Waals surface area contributed by atoms with E-state index in [0.717, 1.165) is 94.3 Å². The van der Waals surface area contributed by atoms with Gasteiger partial charge in [-0.15, -0.1) is 0 Å². The van der Waals surface area contributed by atoms with Crippen molar-refractivity contribution < 1.29 is 8.98 Å². The number of fused-ring (bicyclic) bond motifs is 7. The SMILES string of the molecule is CCc1nc2cccc3c2n1-c1cc(-c2c4ccccc4c(-c4ccc5c(c4)oc4ccccc45)c4ccccc24)ccc1P3(=O)c1ccccc1. The summed E-state index contributed by atoms with van der Waals surface area (Å²) in [5, 5.41) is 9.45. The van der Waals surface area contributed by atoms with Crippen molar-refractivity contribution in [2.24, 2.45) is 0 Å². The Balaban J connectivity index is 1.21. The summed E-state index contributed by atoms with van der Waals surface area (Å²) < 4.78 is 24.4. The van der Waals surface area contributed by atoms with Gasteiger partial charge in [-0.05, 0) is 86.3 Å². The number of hydrogen-bond acceptors (Lipinski definition) is 3. The van der Waals surface area contributed by atoms with Crippen LogP contribution in [0.3, 0.4) is 0 Å². The van der Waals surface area contributed by atoms with Crippen LogP contribution in [0.15, 0.2) is 162 Å². The van der Waals surface area contributed by atoms with Crippen molar-refractivity contribution in [2.75, 3.05) is 0 Å². The minimum Gasteiger partial charge on any atom is -0.456 e. The molecule has 1 aliphatic heterocycles. The monoisotopic (exact) mass is 686 g/mol. The first-order valence-corrected chi connectivity index (χ1v) is 19.5. The highest BCUT2D eigenvalue weighted by Crippen LogP contribution is 2.51. The van der Waals surface area contributed by atoms with Gasteiger partial charge in [0.05, 0.1) is 16.7 Å². The van der Waals surface area contributed by atoms with Gasteiger partial charge < -0.3 is 8.98 Å². The minimum atomic E-state index is -3.22. The zero-order valence-corrected chi connectivity index (χ0v) is 29.3. The van der Waals surface area contributed by atoms with Crippen LogP contribution in [0.5, 0.6) is 0 Å². The summed E-state index contributed by atoms with van der Waals surface area (Å²) in [7, 11) is -3.22. The van der Waals surface area contributed by atoms with E-state index in [2.05, 4.69) is 109 Å². The molecule has 1 atom stereocenters. The van der Waals surface area contributed by atoms with Crippen molar-refractivity contribution in [3.8, 4) is 27.9 Å². The Kier molecular flexibility index (Phi) is 6.18. The van der Waals surface area contributed by atoms with Gasteiger partial charge in [0.25, 0.3) is 0 Å². The summed E-state index contributed by atoms with van der Waals surface area (Å²) in [6.45, 7) is 2.14. The Morgan fingerprint density at radius 2 is 1.15 bits per heavy atom. The molecule has 0 saturated heterocycles. The maximum absolute atomic E-state index is 15.7. The largest absolute Gasteiger partial charge is 0.456 e. The Labute approximate surface area is 300 Å². The average Bonchev–Trinajstić information content (AvgIpc) is 3.77. The van der Waals surface area contributed by atoms with Gasteiger partial charge in [0.1, 0.15) is 17.0 Å². The topological polar surface area (TPSA) is 48.0 Å². The standard InChI is InChI=1S/C47H31N2O2P/c1-2-44-48-38-20-12-22-43-47(38)49(44)39-27-29(24-26-42(39)52(43,50)31-13-4-3-5-14-31)45-34-16-6-8-18-36(34)46(37-19-9-7-17-35(37)45)30-23-25-33-32-15-10-11-21-40(32)51-41(33)28-30/h3-28H,2H2,1H3. The average molecular weight is 687 g/mol. The van der Waals surface area contributed by atoms with E-state index in [1.807, 2.05) is 60.7 Å². The third-order valence-electron chi connectivity index (χ3n) is 10.9. The van der Waals surface area contributed by atoms with Crippen LogP contribution in [0.25, 0.3) is 82.5 Å². The second kappa shape index (κ2) is 10.9. The third-order valence-corrected chi connectivity index (χ3v) is 14.1. The van der Waals surface area contributed by atoms with Crippen LogP contribution < -0.4 is 15.9 Å². The number of imidazole rings is 1. The van der Waals surface area contributed by atoms with Crippen LogP contribution in [0.2, 0.25) is 0 Å². The van der Waals surface area contributed by atoms with Gasteiger partial charge in [-0.3, -0.25) is 4.57 Å². The zero-order chi connectivity index (χ0) is 34.6. The fourth-order valence-corrected chi connectivity index (χ4v) is 11.7. The molecule has 5 heteroatoms. The van der Waals surface area contributed by atoms with Gasteiger partial charge in [-0.2, -0.15) is 0 Å². The number of nitrogens with zero attached hydrogens (tertiary/aromatic N) is 2. The zero-order valence-electron chi connectivity index (χ0n) is 28.4. The first-order valence-electron chi connectivity index (χ1n) is 17.8. The quantitative estimate of drug-likeness (QED) is 0.137. The van der Waals surface area contributed by atoms with E-state index >= 15 is 4.57 Å². The molecule has 0 N–H and O–H groups in total. The van der Waals surface area contributed by atoms with Crippen molar-refractivity contribution in [3.63, 3.8) is 0 Å². The highest BCUT2D eigenvalue weighted by atomic mass is 31.2. The predicted molar refractivity (Wildman–Crippen MR) is 217 cm³/mol. The van der Waals surface area contributed by atoms with Gasteiger partial charge in [0.2, 0.25) is 0 Å². The maximum Gasteiger partial charge on any atom is 0.175 e. The molecule has 8 aromatic carbocycles. The first kappa shape index (κ1) is 29.5. The van der Waals surface area contributed by atoms with E-state index in [-0.39, 0.29) is 0 Å². The highest BCUT2D eigenvalue weighted by molar-refractivity contribution is 7.86. The lowest BCUT2D eigenvalue weighted by Crippen LogP contribution is -2.33. The number of benzene rings is 8. The number of aromatic nitrogens is 2. The third kappa shape index (κ3) is 3.93. The smallest absolute Gasteiger partial charge is 0.175 e. The van der Waals surface area contributed by atoms with Gasteiger partial charge >= 0.3 is 0 Å². The molecule has 2 aromatic heterocycles. The number of furan rings is 1. The van der Waals surface area contributed by atoms with E-state index in [9.17, 15) is 0 Å². The second-order valence-corrected chi connectivity index (χ2v) is 16.4. The lowest BCUT2D eigenvalue weighted by molar-refractivity contribution is 0.592. The summed E-state index contributed by atoms with van der Waals surface area (Å²) in [6.07, 6.45) is 0.754. The predicted octanol–water partition coefficient (Wildman–Crippen LogP) is 11.1. The van der Waals surface area contributed by atoms with Crippen LogP contribution in [-0.2, 0) is 11.0 Å². The van der Waals surface area contributed by atoms with E-state index in [1.165, 1.54) is 16.3 Å². The van der Waals surface area contributed by atoms with Crippen molar-refractivity contribution >= 4 is 77.6 Å². The molecule has 0 aliphatic carbocycles. The molecule has 11 rings (SSSR count). The van der Waals surface area contributed by atoms with Gasteiger partial charge in [0.15, 0.2) is 7.14 Å². The van der Waals surface area contributed by atoms with Crippen molar-refractivity contribution in [3.05, 3.63) is 164 Å². The fourth-order valence-electron chi connectivity index (χ4n) is 8.71. The first-order chi connectivity index (χ1) is 25.6. The molecule has 0 spiro atoms. The van der Waals surface area contributed by atoms with Crippen LogP contribution in [0.1, 0.15) is 12.7 Å². The maximum atomic E-state index is 15.7. The molecule has 52 heavy (non-hydrogen) atoms. The van der Waals surface area contributed by atoms with Crippen LogP contribution >= 0.6 is 7.14 Å². The summed E-state index contributed by atoms with van der Waals surface area (Å²) in [6, 6.07) is 54.9. The van der Waals surface area contributed by atoms with Gasteiger partial charge in [0, 0.05) is 33.1 Å². The summed E-state index contributed by atoms with van der Waals surface area (Å²) in [5.41, 5.74) is 9.08. The number of para-hydroxylation sites is 2. The van der Waals surface area contributed by atoms with E-state index in [0.29, 0.717) is 0 Å². The molecule has 0 saturated carbocycles. The summed E-state index contributed by atoms with van der Waals surface area (Å²) in [4.78, 5) is 5.08. The fraction of sp³-hybridized carbons (Fsp3) is 0.0426. The van der Waals surface area contributed by atoms with E-state index < -0.39 is 7.14 Å². The molecular weight excluding hydrogens is 656 g/mol. The Hall–Kier alpha value is -6.22. The molecule has 10 aromatic rings. The van der Waals surface area contributed by atoms with Gasteiger partial charge in [-0.1, -0.05) is 122 Å². The summed E-state index contributed by atoms with van der Waals surface area (Å²) in [5.74, 6) is 0.964. The Morgan fingerprint density at radius 1 is 0.558 bits per heavy atom. The van der Waals surface area contributed by atoms with E-state index in [4.69, 9.17) is 9.40 Å². The lowest BCUT2D eigenvalue weighted by atomic mass is 9.86. The molecule has 1 aliphatic rings. The normalized spacial score (nSPS) is 15.2. The second-order valence-electron chi connectivity index (χ2n) is 13.7. The molecule has 0 radical (unpaired) electrons. The Bertz CT molecular complexity index is 3100. The Morgan fingerprint density at radius 3 is 1.85 bits per heavy atom.